The first-order valence-corrected chi connectivity index (χ1v) is 7.53. The smallest absolute Gasteiger partial charge is 0.227 e. The van der Waals surface area contributed by atoms with Gasteiger partial charge in [-0.25, -0.2) is 4.98 Å². The molecule has 1 unspecified atom stereocenters. The second kappa shape index (κ2) is 5.68. The van der Waals surface area contributed by atoms with E-state index in [4.69, 9.17) is 11.6 Å². The molecule has 4 nitrogen and oxygen atoms in total. The molecule has 1 amide bonds. The molecule has 1 N–H and O–H groups in total. The fourth-order valence-corrected chi connectivity index (χ4v) is 2.82. The number of aryl methyl sites for hydroxylation is 1. The largest absolute Gasteiger partial charge is 0.359 e. The van der Waals surface area contributed by atoms with Gasteiger partial charge in [0.15, 0.2) is 0 Å². The predicted molar refractivity (Wildman–Crippen MR) is 86.6 cm³/mol. The number of nitrogens with zero attached hydrogens (tertiary/aromatic N) is 2. The van der Waals surface area contributed by atoms with Crippen LogP contribution in [-0.4, -0.2) is 22.5 Å². The molecule has 0 bridgehead atoms. The summed E-state index contributed by atoms with van der Waals surface area (Å²) in [5, 5.41) is 2.51. The molecule has 0 aliphatic carbocycles. The zero-order chi connectivity index (χ0) is 15.8. The van der Waals surface area contributed by atoms with Gasteiger partial charge in [-0.2, -0.15) is 0 Å². The summed E-state index contributed by atoms with van der Waals surface area (Å²) >= 11 is 6.29. The molecule has 2 aromatic rings. The highest BCUT2D eigenvalue weighted by Gasteiger charge is 2.30. The standard InChI is InChI=1S/C16H22ClN3O/c1-10-7-6-8-12-13(10)20(14(19-12)11(2)17)9-16(3,4)15(21)18-5/h6-8,11H,9H2,1-5H3,(H,18,21). The van der Waals surface area contributed by atoms with Crippen LogP contribution in [0.15, 0.2) is 18.2 Å². The van der Waals surface area contributed by atoms with E-state index in [1.54, 1.807) is 7.05 Å². The van der Waals surface area contributed by atoms with Crippen LogP contribution in [0.4, 0.5) is 0 Å². The van der Waals surface area contributed by atoms with Gasteiger partial charge in [-0.15, -0.1) is 11.6 Å². The van der Waals surface area contributed by atoms with Crippen molar-refractivity contribution in [2.75, 3.05) is 7.05 Å². The summed E-state index contributed by atoms with van der Waals surface area (Å²) in [6, 6.07) is 6.02. The zero-order valence-corrected chi connectivity index (χ0v) is 14.0. The minimum atomic E-state index is -0.537. The first-order valence-electron chi connectivity index (χ1n) is 7.10. The van der Waals surface area contributed by atoms with E-state index in [-0.39, 0.29) is 11.3 Å². The number of halogens is 1. The van der Waals surface area contributed by atoms with Crippen molar-refractivity contribution >= 4 is 28.5 Å². The minimum Gasteiger partial charge on any atom is -0.359 e. The Morgan fingerprint density at radius 2 is 2.14 bits per heavy atom. The Bertz CT molecular complexity index is 673. The van der Waals surface area contributed by atoms with E-state index in [1.165, 1.54) is 0 Å². The summed E-state index contributed by atoms with van der Waals surface area (Å²) in [6.45, 7) is 8.36. The van der Waals surface area contributed by atoms with Crippen LogP contribution in [-0.2, 0) is 11.3 Å². The number of benzene rings is 1. The van der Waals surface area contributed by atoms with E-state index in [2.05, 4.69) is 27.9 Å². The van der Waals surface area contributed by atoms with Gasteiger partial charge in [0.1, 0.15) is 5.82 Å². The van der Waals surface area contributed by atoms with Crippen LogP contribution in [0.3, 0.4) is 0 Å². The van der Waals surface area contributed by atoms with Crippen molar-refractivity contribution in [2.45, 2.75) is 39.6 Å². The van der Waals surface area contributed by atoms with Crippen LogP contribution in [0.1, 0.15) is 37.5 Å². The van der Waals surface area contributed by atoms with Gasteiger partial charge in [0.05, 0.1) is 21.8 Å². The molecule has 0 fully saturated rings. The maximum absolute atomic E-state index is 12.1. The van der Waals surface area contributed by atoms with Crippen LogP contribution < -0.4 is 5.32 Å². The zero-order valence-electron chi connectivity index (χ0n) is 13.2. The van der Waals surface area contributed by atoms with Crippen molar-refractivity contribution in [1.29, 1.82) is 0 Å². The van der Waals surface area contributed by atoms with Crippen LogP contribution in [0.5, 0.6) is 0 Å². The lowest BCUT2D eigenvalue weighted by molar-refractivity contribution is -0.129. The third-order valence-electron chi connectivity index (χ3n) is 3.75. The van der Waals surface area contributed by atoms with E-state index in [0.29, 0.717) is 6.54 Å². The second-order valence-corrected chi connectivity index (χ2v) is 6.73. The van der Waals surface area contributed by atoms with Crippen molar-refractivity contribution in [3.63, 3.8) is 0 Å². The van der Waals surface area contributed by atoms with E-state index in [1.807, 2.05) is 32.9 Å². The van der Waals surface area contributed by atoms with E-state index < -0.39 is 5.41 Å². The van der Waals surface area contributed by atoms with E-state index in [9.17, 15) is 4.79 Å². The number of nitrogens with one attached hydrogen (secondary N) is 1. The third-order valence-corrected chi connectivity index (χ3v) is 3.94. The number of carbonyl (C=O) groups excluding carboxylic acids is 1. The SMILES string of the molecule is CNC(=O)C(C)(C)Cn1c(C(C)Cl)nc2cccc(C)c21. The molecule has 2 rings (SSSR count). The highest BCUT2D eigenvalue weighted by atomic mass is 35.5. The quantitative estimate of drug-likeness (QED) is 0.880. The van der Waals surface area contributed by atoms with Gasteiger partial charge in [-0.05, 0) is 39.3 Å². The summed E-state index contributed by atoms with van der Waals surface area (Å²) in [5.74, 6) is 0.809. The van der Waals surface area contributed by atoms with Gasteiger partial charge in [0.25, 0.3) is 0 Å². The van der Waals surface area contributed by atoms with Gasteiger partial charge in [0.2, 0.25) is 5.91 Å². The maximum atomic E-state index is 12.1. The van der Waals surface area contributed by atoms with Crippen LogP contribution >= 0.6 is 11.6 Å². The van der Waals surface area contributed by atoms with Gasteiger partial charge in [-0.3, -0.25) is 4.79 Å². The normalized spacial score (nSPS) is 13.4. The Labute approximate surface area is 130 Å². The molecule has 5 heteroatoms. The van der Waals surface area contributed by atoms with Gasteiger partial charge in [0, 0.05) is 13.6 Å². The molecule has 1 heterocycles. The fraction of sp³-hybridized carbons (Fsp3) is 0.500. The van der Waals surface area contributed by atoms with Crippen molar-refractivity contribution in [1.82, 2.24) is 14.9 Å². The average Bonchev–Trinajstić information content (AvgIpc) is 2.77. The number of hydrogen-bond donors (Lipinski definition) is 1. The van der Waals surface area contributed by atoms with Gasteiger partial charge < -0.3 is 9.88 Å². The summed E-state index contributed by atoms with van der Waals surface area (Å²) in [7, 11) is 1.66. The molecular weight excluding hydrogens is 286 g/mol. The Balaban J connectivity index is 2.61. The Kier molecular flexibility index (Phi) is 4.28. The monoisotopic (exact) mass is 307 g/mol. The number of amides is 1. The summed E-state index contributed by atoms with van der Waals surface area (Å²) in [6.07, 6.45) is 0. The molecule has 1 aromatic carbocycles. The third kappa shape index (κ3) is 2.91. The number of hydrogen-bond acceptors (Lipinski definition) is 2. The number of alkyl halides is 1. The Morgan fingerprint density at radius 1 is 1.48 bits per heavy atom. The Morgan fingerprint density at radius 3 is 2.71 bits per heavy atom. The molecule has 0 spiro atoms. The molecule has 114 valence electrons. The number of rotatable bonds is 4. The molecule has 0 saturated carbocycles. The highest BCUT2D eigenvalue weighted by Crippen LogP contribution is 2.30. The molecule has 0 aliphatic heterocycles. The lowest BCUT2D eigenvalue weighted by Crippen LogP contribution is -2.38. The topological polar surface area (TPSA) is 46.9 Å². The first-order chi connectivity index (χ1) is 9.77. The minimum absolute atomic E-state index is 0.00566. The fourth-order valence-electron chi connectivity index (χ4n) is 2.65. The average molecular weight is 308 g/mol. The molecule has 21 heavy (non-hydrogen) atoms. The van der Waals surface area contributed by atoms with Crippen LogP contribution in [0.25, 0.3) is 11.0 Å². The van der Waals surface area contributed by atoms with E-state index >= 15 is 0 Å². The maximum Gasteiger partial charge on any atom is 0.227 e. The summed E-state index contributed by atoms with van der Waals surface area (Å²) in [4.78, 5) is 16.7. The molecular formula is C16H22ClN3O. The first kappa shape index (κ1) is 15.8. The number of para-hydroxylation sites is 1. The van der Waals surface area contributed by atoms with Crippen molar-refractivity contribution < 1.29 is 4.79 Å². The van der Waals surface area contributed by atoms with Crippen molar-refractivity contribution in [3.8, 4) is 0 Å². The molecule has 0 radical (unpaired) electrons. The lowest BCUT2D eigenvalue weighted by atomic mass is 9.92. The van der Waals surface area contributed by atoms with Crippen LogP contribution in [0.2, 0.25) is 0 Å². The lowest BCUT2D eigenvalue weighted by Gasteiger charge is -2.25. The Hall–Kier alpha value is -1.55. The highest BCUT2D eigenvalue weighted by molar-refractivity contribution is 6.20. The molecule has 1 atom stereocenters. The second-order valence-electron chi connectivity index (χ2n) is 6.08. The van der Waals surface area contributed by atoms with Crippen molar-refractivity contribution in [2.24, 2.45) is 5.41 Å². The van der Waals surface area contributed by atoms with Gasteiger partial charge in [-0.1, -0.05) is 12.1 Å². The summed E-state index contributed by atoms with van der Waals surface area (Å²) < 4.78 is 2.08. The van der Waals surface area contributed by atoms with Crippen molar-refractivity contribution in [3.05, 3.63) is 29.6 Å². The predicted octanol–water partition coefficient (Wildman–Crippen LogP) is 3.42. The van der Waals surface area contributed by atoms with Gasteiger partial charge >= 0.3 is 0 Å². The molecule has 0 saturated heterocycles. The number of aromatic nitrogens is 2. The summed E-state index contributed by atoms with van der Waals surface area (Å²) in [5.41, 5.74) is 2.57. The number of fused-ring (bicyclic) bond motifs is 1. The molecule has 0 aliphatic rings. The number of imidazole rings is 1. The van der Waals surface area contributed by atoms with E-state index in [0.717, 1.165) is 22.4 Å². The van der Waals surface area contributed by atoms with Crippen LogP contribution in [0, 0.1) is 12.3 Å². The molecule has 1 aromatic heterocycles. The number of carbonyl (C=O) groups is 1.